The summed E-state index contributed by atoms with van der Waals surface area (Å²) in [5.41, 5.74) is 2.33. The first-order chi connectivity index (χ1) is 12.1. The van der Waals surface area contributed by atoms with Crippen molar-refractivity contribution in [1.29, 1.82) is 0 Å². The Morgan fingerprint density at radius 2 is 1.84 bits per heavy atom. The van der Waals surface area contributed by atoms with Crippen LogP contribution in [0.15, 0.2) is 36.5 Å². The monoisotopic (exact) mass is 337 g/mol. The molecule has 3 aliphatic rings. The molecule has 1 aromatic heterocycles. The molecule has 6 heteroatoms. The Morgan fingerprint density at radius 1 is 1.12 bits per heavy atom. The molecule has 2 aromatic rings. The van der Waals surface area contributed by atoms with Crippen LogP contribution in [-0.2, 0) is 20.9 Å². The van der Waals surface area contributed by atoms with E-state index in [2.05, 4.69) is 24.2 Å². The highest BCUT2D eigenvalue weighted by molar-refractivity contribution is 6.22. The van der Waals surface area contributed by atoms with Gasteiger partial charge in [-0.15, -0.1) is 0 Å². The summed E-state index contributed by atoms with van der Waals surface area (Å²) in [6.45, 7) is 2.66. The zero-order valence-corrected chi connectivity index (χ0v) is 14.0. The van der Waals surface area contributed by atoms with Crippen LogP contribution in [0.3, 0.4) is 0 Å². The van der Waals surface area contributed by atoms with Crippen LogP contribution >= 0.6 is 0 Å². The van der Waals surface area contributed by atoms with Crippen LogP contribution in [0.4, 0.5) is 5.82 Å². The van der Waals surface area contributed by atoms with Gasteiger partial charge in [0.05, 0.1) is 30.6 Å². The van der Waals surface area contributed by atoms with Crippen molar-refractivity contribution >= 4 is 17.6 Å². The predicted molar refractivity (Wildman–Crippen MR) is 89.9 cm³/mol. The Hall–Kier alpha value is -2.47. The van der Waals surface area contributed by atoms with Crippen LogP contribution in [0.25, 0.3) is 0 Å². The van der Waals surface area contributed by atoms with Gasteiger partial charge in [0.25, 0.3) is 0 Å². The van der Waals surface area contributed by atoms with Crippen LogP contribution in [0, 0.1) is 18.8 Å². The number of amides is 2. The molecule has 0 saturated carbocycles. The Morgan fingerprint density at radius 3 is 2.52 bits per heavy atom. The van der Waals surface area contributed by atoms with Gasteiger partial charge in [0.1, 0.15) is 0 Å². The molecule has 0 spiro atoms. The van der Waals surface area contributed by atoms with Crippen molar-refractivity contribution in [3.05, 3.63) is 47.7 Å². The van der Waals surface area contributed by atoms with Crippen LogP contribution in [-0.4, -0.2) is 33.8 Å². The van der Waals surface area contributed by atoms with Gasteiger partial charge in [-0.05, 0) is 25.3 Å². The van der Waals surface area contributed by atoms with E-state index < -0.39 is 0 Å². The van der Waals surface area contributed by atoms with E-state index in [1.54, 1.807) is 10.7 Å². The molecule has 3 aliphatic heterocycles. The zero-order valence-electron chi connectivity index (χ0n) is 14.0. The average molecular weight is 337 g/mol. The van der Waals surface area contributed by atoms with Gasteiger partial charge in [-0.3, -0.25) is 14.3 Å². The Kier molecular flexibility index (Phi) is 3.12. The molecule has 0 unspecified atom stereocenters. The molecule has 128 valence electrons. The second-order valence-corrected chi connectivity index (χ2v) is 7.21. The lowest BCUT2D eigenvalue weighted by Crippen LogP contribution is -2.34. The maximum absolute atomic E-state index is 12.8. The molecular weight excluding hydrogens is 318 g/mol. The Labute approximate surface area is 145 Å². The zero-order chi connectivity index (χ0) is 17.1. The van der Waals surface area contributed by atoms with Crippen molar-refractivity contribution < 1.29 is 14.3 Å². The Bertz CT molecular complexity index is 846. The van der Waals surface area contributed by atoms with Crippen molar-refractivity contribution in [2.75, 3.05) is 4.90 Å². The number of anilines is 1. The van der Waals surface area contributed by atoms with E-state index in [1.165, 1.54) is 10.5 Å². The second kappa shape index (κ2) is 5.26. The third-order valence-electron chi connectivity index (χ3n) is 5.57. The van der Waals surface area contributed by atoms with E-state index in [4.69, 9.17) is 4.74 Å². The lowest BCUT2D eigenvalue weighted by molar-refractivity contribution is -0.124. The van der Waals surface area contributed by atoms with E-state index in [-0.39, 0.29) is 35.9 Å². The van der Waals surface area contributed by atoms with Crippen LogP contribution in [0.1, 0.15) is 24.0 Å². The fourth-order valence-corrected chi connectivity index (χ4v) is 4.49. The molecule has 25 heavy (non-hydrogen) atoms. The van der Waals surface area contributed by atoms with Crippen molar-refractivity contribution in [2.24, 2.45) is 11.8 Å². The molecule has 4 heterocycles. The predicted octanol–water partition coefficient (Wildman–Crippen LogP) is 1.91. The molecule has 0 aliphatic carbocycles. The van der Waals surface area contributed by atoms with E-state index in [0.717, 1.165) is 18.4 Å². The van der Waals surface area contributed by atoms with Gasteiger partial charge < -0.3 is 4.74 Å². The number of ether oxygens (including phenoxy) is 1. The first-order valence-electron chi connectivity index (χ1n) is 8.74. The van der Waals surface area contributed by atoms with Crippen LogP contribution in [0.5, 0.6) is 0 Å². The maximum Gasteiger partial charge on any atom is 0.241 e. The smallest absolute Gasteiger partial charge is 0.241 e. The maximum atomic E-state index is 12.8. The van der Waals surface area contributed by atoms with E-state index in [9.17, 15) is 9.59 Å². The van der Waals surface area contributed by atoms with Gasteiger partial charge in [0.2, 0.25) is 11.8 Å². The van der Waals surface area contributed by atoms with Gasteiger partial charge >= 0.3 is 0 Å². The third kappa shape index (κ3) is 2.17. The normalized spacial score (nSPS) is 30.4. The number of carbonyl (C=O) groups excluding carboxylic acids is 2. The van der Waals surface area contributed by atoms with Gasteiger partial charge in [-0.1, -0.05) is 29.8 Å². The minimum Gasteiger partial charge on any atom is -0.373 e. The van der Waals surface area contributed by atoms with E-state index in [1.807, 2.05) is 18.3 Å². The summed E-state index contributed by atoms with van der Waals surface area (Å²) in [6.07, 6.45) is 3.38. The fraction of sp³-hybridized carbons (Fsp3) is 0.421. The van der Waals surface area contributed by atoms with Crippen LogP contribution < -0.4 is 4.90 Å². The Balaban J connectivity index is 1.40. The standard InChI is InChI=1S/C19H19N3O3/c1-11-3-2-4-12(9-11)10-21-8-7-15(20-21)22-18(23)16-13-5-6-14(25-13)17(16)19(22)24/h2-4,7-9,13-14,16-17H,5-6,10H2,1H3/t13-,14-,16-,17-/m0/s1. The van der Waals surface area contributed by atoms with Gasteiger partial charge in [-0.2, -0.15) is 5.10 Å². The second-order valence-electron chi connectivity index (χ2n) is 7.21. The first-order valence-corrected chi connectivity index (χ1v) is 8.74. The number of aromatic nitrogens is 2. The average Bonchev–Trinajstić information content (AvgIpc) is 3.33. The number of carbonyl (C=O) groups is 2. The highest BCUT2D eigenvalue weighted by atomic mass is 16.5. The topological polar surface area (TPSA) is 64.4 Å². The van der Waals surface area contributed by atoms with E-state index in [0.29, 0.717) is 12.4 Å². The van der Waals surface area contributed by atoms with Gasteiger partial charge in [-0.25, -0.2) is 4.90 Å². The fourth-order valence-electron chi connectivity index (χ4n) is 4.49. The minimum atomic E-state index is -0.312. The molecule has 4 atom stereocenters. The summed E-state index contributed by atoms with van der Waals surface area (Å²) < 4.78 is 7.53. The SMILES string of the molecule is Cc1cccc(Cn2ccc(N3C(=O)[C@@H]4[C@@H](C3=O)[C@@H]3CC[C@@H]4O3)n2)c1. The lowest BCUT2D eigenvalue weighted by atomic mass is 9.81. The number of rotatable bonds is 3. The number of imide groups is 1. The quantitative estimate of drug-likeness (QED) is 0.803. The van der Waals surface area contributed by atoms with Crippen molar-refractivity contribution in [2.45, 2.75) is 38.5 Å². The molecule has 0 radical (unpaired) electrons. The largest absolute Gasteiger partial charge is 0.373 e. The minimum absolute atomic E-state index is 0.0918. The highest BCUT2D eigenvalue weighted by Crippen LogP contribution is 2.49. The van der Waals surface area contributed by atoms with Gasteiger partial charge in [0.15, 0.2) is 5.82 Å². The van der Waals surface area contributed by atoms with E-state index >= 15 is 0 Å². The lowest BCUT2D eigenvalue weighted by Gasteiger charge is -2.15. The number of hydrogen-bond donors (Lipinski definition) is 0. The number of aryl methyl sites for hydroxylation is 1. The third-order valence-corrected chi connectivity index (χ3v) is 5.57. The summed E-state index contributed by atoms with van der Waals surface area (Å²) in [7, 11) is 0. The van der Waals surface area contributed by atoms with Crippen molar-refractivity contribution in [3.63, 3.8) is 0 Å². The highest BCUT2D eigenvalue weighted by Gasteiger charge is 2.63. The molecule has 6 nitrogen and oxygen atoms in total. The molecule has 2 amide bonds. The molecule has 3 saturated heterocycles. The summed E-state index contributed by atoms with van der Waals surface area (Å²) in [5.74, 6) is -0.496. The molecule has 0 N–H and O–H groups in total. The number of fused-ring (bicyclic) bond motifs is 5. The molecule has 5 rings (SSSR count). The van der Waals surface area contributed by atoms with Crippen LogP contribution in [0.2, 0.25) is 0 Å². The molecule has 2 bridgehead atoms. The van der Waals surface area contributed by atoms with Crippen molar-refractivity contribution in [3.8, 4) is 0 Å². The number of hydrogen-bond acceptors (Lipinski definition) is 4. The number of nitrogens with zero attached hydrogens (tertiary/aromatic N) is 3. The number of benzene rings is 1. The summed E-state index contributed by atoms with van der Waals surface area (Å²) >= 11 is 0. The molecular formula is C19H19N3O3. The van der Waals surface area contributed by atoms with Gasteiger partial charge in [0, 0.05) is 12.3 Å². The van der Waals surface area contributed by atoms with Crippen molar-refractivity contribution in [1.82, 2.24) is 9.78 Å². The summed E-state index contributed by atoms with van der Waals surface area (Å²) in [4.78, 5) is 26.8. The summed E-state index contributed by atoms with van der Waals surface area (Å²) in [6, 6.07) is 9.95. The first kappa shape index (κ1) is 14.8. The molecule has 3 fully saturated rings. The summed E-state index contributed by atoms with van der Waals surface area (Å²) in [5, 5.41) is 4.48. The molecule has 1 aromatic carbocycles.